The molecule has 23 heavy (non-hydrogen) atoms. The Hall–Kier alpha value is -1.59. The smallest absolute Gasteiger partial charge is 0.187 e. The van der Waals surface area contributed by atoms with E-state index in [1.165, 1.54) is 31.0 Å². The van der Waals surface area contributed by atoms with Gasteiger partial charge >= 0.3 is 0 Å². The van der Waals surface area contributed by atoms with Crippen molar-refractivity contribution in [1.82, 2.24) is 15.3 Å². The number of hydrogen-bond donors (Lipinski definition) is 2. The normalized spacial score (nSPS) is 18.0. The second-order valence-corrected chi connectivity index (χ2v) is 6.78. The number of aromatic hydroxyl groups is 1. The molecule has 0 spiro atoms. The van der Waals surface area contributed by atoms with Gasteiger partial charge in [0.15, 0.2) is 5.16 Å². The highest BCUT2D eigenvalue weighted by Crippen LogP contribution is 2.26. The maximum absolute atomic E-state index is 10.1. The molecule has 2 heterocycles. The summed E-state index contributed by atoms with van der Waals surface area (Å²) in [4.78, 5) is 8.73. The van der Waals surface area contributed by atoms with Gasteiger partial charge in [-0.3, -0.25) is 0 Å². The maximum Gasteiger partial charge on any atom is 0.187 e. The number of nitrogens with one attached hydrogen (secondary N) is 1. The lowest BCUT2D eigenvalue weighted by Crippen LogP contribution is -2.34. The Kier molecular flexibility index (Phi) is 5.51. The molecule has 0 saturated carbocycles. The fourth-order valence-corrected chi connectivity index (χ4v) is 3.43. The molecule has 1 aromatic heterocycles. The third-order valence-corrected chi connectivity index (χ3v) is 4.85. The number of thioether (sulfide) groups is 1. The summed E-state index contributed by atoms with van der Waals surface area (Å²) in [5.74, 6) is 0.304. The van der Waals surface area contributed by atoms with E-state index >= 15 is 0 Å². The van der Waals surface area contributed by atoms with Crippen LogP contribution in [0.3, 0.4) is 0 Å². The van der Waals surface area contributed by atoms with Gasteiger partial charge in [0.05, 0.1) is 5.69 Å². The first-order valence-corrected chi connectivity index (χ1v) is 9.41. The lowest BCUT2D eigenvalue weighted by atomic mass is 9.96. The second kappa shape index (κ2) is 7.79. The number of rotatable bonds is 5. The van der Waals surface area contributed by atoms with Gasteiger partial charge in [-0.05, 0) is 68.3 Å². The van der Waals surface area contributed by atoms with Gasteiger partial charge in [0.2, 0.25) is 0 Å². The van der Waals surface area contributed by atoms with Crippen LogP contribution in [-0.2, 0) is 6.42 Å². The van der Waals surface area contributed by atoms with Crippen molar-refractivity contribution in [2.75, 3.05) is 12.8 Å². The van der Waals surface area contributed by atoms with Crippen LogP contribution in [0.25, 0.3) is 11.3 Å². The third kappa shape index (κ3) is 4.45. The van der Waals surface area contributed by atoms with E-state index < -0.39 is 0 Å². The highest BCUT2D eigenvalue weighted by molar-refractivity contribution is 7.98. The molecule has 5 heteroatoms. The van der Waals surface area contributed by atoms with E-state index in [9.17, 15) is 5.11 Å². The fourth-order valence-electron chi connectivity index (χ4n) is 3.08. The van der Waals surface area contributed by atoms with Crippen molar-refractivity contribution in [2.45, 2.75) is 43.3 Å². The lowest BCUT2D eigenvalue weighted by molar-refractivity contribution is 0.382. The van der Waals surface area contributed by atoms with E-state index in [-0.39, 0.29) is 0 Å². The number of nitrogens with zero attached hydrogens (tertiary/aromatic N) is 2. The van der Waals surface area contributed by atoms with Crippen LogP contribution < -0.4 is 5.32 Å². The van der Waals surface area contributed by atoms with E-state index in [4.69, 9.17) is 0 Å². The number of phenolic OH excluding ortho intramolecular Hbond substituents is 1. The van der Waals surface area contributed by atoms with Crippen LogP contribution in [0.4, 0.5) is 0 Å². The van der Waals surface area contributed by atoms with E-state index in [2.05, 4.69) is 21.4 Å². The molecule has 1 aliphatic heterocycles. The van der Waals surface area contributed by atoms with Crippen LogP contribution in [0.5, 0.6) is 5.75 Å². The Morgan fingerprint density at radius 2 is 2.22 bits per heavy atom. The molecule has 1 fully saturated rings. The Morgan fingerprint density at radius 3 is 3.00 bits per heavy atom. The van der Waals surface area contributed by atoms with Crippen LogP contribution >= 0.6 is 11.8 Å². The van der Waals surface area contributed by atoms with Crippen molar-refractivity contribution in [2.24, 2.45) is 0 Å². The van der Waals surface area contributed by atoms with Crippen molar-refractivity contribution in [3.8, 4) is 17.0 Å². The van der Waals surface area contributed by atoms with Crippen molar-refractivity contribution < 1.29 is 5.11 Å². The van der Waals surface area contributed by atoms with Gasteiger partial charge in [-0.15, -0.1) is 0 Å². The quantitative estimate of drug-likeness (QED) is 0.648. The minimum atomic E-state index is 0.304. The largest absolute Gasteiger partial charge is 0.508 e. The van der Waals surface area contributed by atoms with Crippen LogP contribution in [0, 0.1) is 0 Å². The summed E-state index contributed by atoms with van der Waals surface area (Å²) in [5, 5.41) is 14.4. The SMILES string of the molecule is CSc1nccc(-c2cc(O)cc(CC[C@H]3CCCCN3)c2)n1. The molecule has 0 aliphatic carbocycles. The van der Waals surface area contributed by atoms with Crippen LogP contribution in [0.1, 0.15) is 31.2 Å². The Balaban J connectivity index is 1.75. The van der Waals surface area contributed by atoms with Gasteiger partial charge in [0.25, 0.3) is 0 Å². The number of piperidine rings is 1. The van der Waals surface area contributed by atoms with Crippen LogP contribution in [-0.4, -0.2) is 33.9 Å². The maximum atomic E-state index is 10.1. The predicted molar refractivity (Wildman–Crippen MR) is 94.9 cm³/mol. The van der Waals surface area contributed by atoms with E-state index in [0.29, 0.717) is 11.8 Å². The van der Waals surface area contributed by atoms with Gasteiger partial charge in [0, 0.05) is 17.8 Å². The number of aryl methyl sites for hydroxylation is 1. The minimum Gasteiger partial charge on any atom is -0.508 e. The predicted octanol–water partition coefficient (Wildman–Crippen LogP) is 3.65. The van der Waals surface area contributed by atoms with Crippen LogP contribution in [0.15, 0.2) is 35.6 Å². The fraction of sp³-hybridized carbons (Fsp3) is 0.444. The van der Waals surface area contributed by atoms with Gasteiger partial charge in [-0.2, -0.15) is 0 Å². The molecule has 122 valence electrons. The van der Waals surface area contributed by atoms with Crippen molar-refractivity contribution in [1.29, 1.82) is 0 Å². The molecule has 0 bridgehead atoms. The van der Waals surface area contributed by atoms with Crippen LogP contribution in [0.2, 0.25) is 0 Å². The van der Waals surface area contributed by atoms with Gasteiger partial charge in [-0.25, -0.2) is 9.97 Å². The first kappa shape index (κ1) is 16.3. The zero-order valence-electron chi connectivity index (χ0n) is 13.5. The standard InChI is InChI=1S/C18H23N3OS/c1-23-18-20-9-7-17(21-18)14-10-13(11-16(22)12-14)5-6-15-4-2-3-8-19-15/h7,9-12,15,19,22H,2-6,8H2,1H3/t15-/m1/s1. The Labute approximate surface area is 141 Å². The summed E-state index contributed by atoms with van der Waals surface area (Å²) in [5.41, 5.74) is 2.98. The average Bonchev–Trinajstić information content (AvgIpc) is 2.60. The van der Waals surface area contributed by atoms with Gasteiger partial charge in [-0.1, -0.05) is 18.2 Å². The molecular weight excluding hydrogens is 306 g/mol. The molecule has 1 aromatic carbocycles. The third-order valence-electron chi connectivity index (χ3n) is 4.28. The Morgan fingerprint density at radius 1 is 1.30 bits per heavy atom. The molecule has 1 atom stereocenters. The zero-order valence-corrected chi connectivity index (χ0v) is 14.3. The molecule has 1 saturated heterocycles. The number of aromatic nitrogens is 2. The molecule has 0 unspecified atom stereocenters. The molecule has 1 aliphatic rings. The molecule has 2 aromatic rings. The molecule has 0 radical (unpaired) electrons. The van der Waals surface area contributed by atoms with E-state index in [1.54, 1.807) is 12.3 Å². The number of phenols is 1. The van der Waals surface area contributed by atoms with Crippen molar-refractivity contribution in [3.05, 3.63) is 36.0 Å². The van der Waals surface area contributed by atoms with E-state index in [0.717, 1.165) is 41.4 Å². The highest BCUT2D eigenvalue weighted by atomic mass is 32.2. The first-order chi connectivity index (χ1) is 11.2. The summed E-state index contributed by atoms with van der Waals surface area (Å²) in [7, 11) is 0. The summed E-state index contributed by atoms with van der Waals surface area (Å²) in [6.07, 6.45) is 9.69. The molecular formula is C18H23N3OS. The van der Waals surface area contributed by atoms with Gasteiger partial charge in [0.1, 0.15) is 5.75 Å². The first-order valence-electron chi connectivity index (χ1n) is 8.18. The summed E-state index contributed by atoms with van der Waals surface area (Å²) in [6, 6.07) is 8.27. The van der Waals surface area contributed by atoms with E-state index in [1.807, 2.05) is 18.4 Å². The summed E-state index contributed by atoms with van der Waals surface area (Å²) < 4.78 is 0. The molecule has 2 N–H and O–H groups in total. The average molecular weight is 329 g/mol. The van der Waals surface area contributed by atoms with Gasteiger partial charge < -0.3 is 10.4 Å². The monoisotopic (exact) mass is 329 g/mol. The number of benzene rings is 1. The van der Waals surface area contributed by atoms with Crippen molar-refractivity contribution >= 4 is 11.8 Å². The minimum absolute atomic E-state index is 0.304. The molecule has 3 rings (SSSR count). The lowest BCUT2D eigenvalue weighted by Gasteiger charge is -2.23. The zero-order chi connectivity index (χ0) is 16.1. The topological polar surface area (TPSA) is 58.0 Å². The second-order valence-electron chi connectivity index (χ2n) is 6.00. The molecule has 0 amide bonds. The molecule has 4 nitrogen and oxygen atoms in total. The number of hydrogen-bond acceptors (Lipinski definition) is 5. The summed E-state index contributed by atoms with van der Waals surface area (Å²) in [6.45, 7) is 1.13. The summed E-state index contributed by atoms with van der Waals surface area (Å²) >= 11 is 1.52. The highest BCUT2D eigenvalue weighted by Gasteiger charge is 2.13. The van der Waals surface area contributed by atoms with Crippen molar-refractivity contribution in [3.63, 3.8) is 0 Å². The Bertz CT molecular complexity index is 656.